The summed E-state index contributed by atoms with van der Waals surface area (Å²) in [5.41, 5.74) is 3.71. The van der Waals surface area contributed by atoms with Gasteiger partial charge in [-0.05, 0) is 47.9 Å². The van der Waals surface area contributed by atoms with Crippen molar-refractivity contribution in [2.45, 2.75) is 45.1 Å². The van der Waals surface area contributed by atoms with Gasteiger partial charge in [0, 0.05) is 25.0 Å². The first-order chi connectivity index (χ1) is 16.8. The smallest absolute Gasteiger partial charge is 0.407 e. The van der Waals surface area contributed by atoms with Crippen LogP contribution in [0.25, 0.3) is 11.1 Å². The molecule has 2 aliphatic carbocycles. The molecule has 2 unspecified atom stereocenters. The molecule has 0 radical (unpaired) electrons. The highest BCUT2D eigenvalue weighted by Crippen LogP contribution is 2.44. The van der Waals surface area contributed by atoms with Crippen molar-refractivity contribution in [1.82, 2.24) is 10.2 Å². The fourth-order valence-corrected chi connectivity index (χ4v) is 6.05. The summed E-state index contributed by atoms with van der Waals surface area (Å²) in [4.78, 5) is 39.5. The number of hydrogen-bond acceptors (Lipinski definition) is 4. The van der Waals surface area contributed by atoms with Crippen molar-refractivity contribution >= 4 is 18.0 Å². The van der Waals surface area contributed by atoms with Crippen molar-refractivity contribution < 1.29 is 24.2 Å². The van der Waals surface area contributed by atoms with Gasteiger partial charge in [-0.15, -0.1) is 0 Å². The van der Waals surface area contributed by atoms with Crippen molar-refractivity contribution in [3.63, 3.8) is 0 Å². The predicted molar refractivity (Wildman–Crippen MR) is 131 cm³/mol. The van der Waals surface area contributed by atoms with E-state index in [2.05, 4.69) is 29.6 Å². The van der Waals surface area contributed by atoms with Crippen LogP contribution >= 0.6 is 0 Å². The Hall–Kier alpha value is -3.35. The zero-order valence-corrected chi connectivity index (χ0v) is 20.2. The molecule has 0 aromatic heterocycles. The highest BCUT2D eigenvalue weighted by molar-refractivity contribution is 5.84. The number of rotatable bonds is 5. The van der Waals surface area contributed by atoms with Crippen molar-refractivity contribution in [2.75, 3.05) is 19.7 Å². The number of ether oxygens (including phenoxy) is 1. The molecular weight excluding hydrogens is 444 g/mol. The Morgan fingerprint density at radius 1 is 1.06 bits per heavy atom. The summed E-state index contributed by atoms with van der Waals surface area (Å²) in [6, 6.07) is 16.1. The minimum atomic E-state index is -0.940. The molecule has 2 amide bonds. The normalized spacial score (nSPS) is 27.4. The maximum atomic E-state index is 13.3. The zero-order valence-electron chi connectivity index (χ0n) is 20.2. The molecule has 184 valence electrons. The van der Waals surface area contributed by atoms with Crippen LogP contribution in [-0.2, 0) is 14.3 Å². The summed E-state index contributed by atoms with van der Waals surface area (Å²) in [5.74, 6) is -1.44. The van der Waals surface area contributed by atoms with Crippen molar-refractivity contribution in [3.05, 3.63) is 59.7 Å². The number of carboxylic acid groups (broad SMARTS) is 1. The van der Waals surface area contributed by atoms with E-state index in [4.69, 9.17) is 4.74 Å². The Morgan fingerprint density at radius 2 is 1.69 bits per heavy atom. The largest absolute Gasteiger partial charge is 0.481 e. The van der Waals surface area contributed by atoms with Gasteiger partial charge < -0.3 is 20.1 Å². The predicted octanol–water partition coefficient (Wildman–Crippen LogP) is 4.26. The third-order valence-electron chi connectivity index (χ3n) is 8.38. The maximum Gasteiger partial charge on any atom is 0.407 e. The van der Waals surface area contributed by atoms with Crippen LogP contribution < -0.4 is 5.32 Å². The Kier molecular flexibility index (Phi) is 6.03. The molecule has 1 saturated heterocycles. The van der Waals surface area contributed by atoms with Gasteiger partial charge in [-0.2, -0.15) is 0 Å². The number of carbonyl (C=O) groups is 3. The second-order valence-electron chi connectivity index (χ2n) is 10.5. The zero-order chi connectivity index (χ0) is 24.7. The van der Waals surface area contributed by atoms with Crippen molar-refractivity contribution in [2.24, 2.45) is 17.3 Å². The first-order valence-corrected chi connectivity index (χ1v) is 12.4. The maximum absolute atomic E-state index is 13.3. The number of carboxylic acids is 1. The molecule has 1 saturated carbocycles. The molecule has 1 heterocycles. The van der Waals surface area contributed by atoms with E-state index in [0.717, 1.165) is 17.5 Å². The van der Waals surface area contributed by atoms with E-state index in [-0.39, 0.29) is 42.9 Å². The van der Waals surface area contributed by atoms with Crippen LogP contribution in [0.4, 0.5) is 4.79 Å². The first-order valence-electron chi connectivity index (χ1n) is 12.4. The van der Waals surface area contributed by atoms with Gasteiger partial charge in [-0.1, -0.05) is 61.9 Å². The molecule has 1 aliphatic heterocycles. The van der Waals surface area contributed by atoms with Crippen LogP contribution in [0.5, 0.6) is 0 Å². The number of nitrogens with zero attached hydrogens (tertiary/aromatic N) is 1. The topological polar surface area (TPSA) is 95.9 Å². The molecule has 7 nitrogen and oxygen atoms in total. The first kappa shape index (κ1) is 23.4. The molecular formula is C28H32N2O5. The molecule has 4 atom stereocenters. The Bertz CT molecular complexity index is 1120. The molecule has 0 bridgehead atoms. The molecule has 7 heteroatoms. The second-order valence-corrected chi connectivity index (χ2v) is 10.5. The summed E-state index contributed by atoms with van der Waals surface area (Å²) in [5, 5.41) is 12.6. The number of nitrogens with one attached hydrogen (secondary N) is 1. The standard InChI is InChI=1S/C28H32N2O5/c1-17-14-30(16-28(17,2)26(32)33)25(31)22-12-7-13-24(22)29-27(34)35-15-23-20-10-5-3-8-18(20)19-9-4-6-11-21(19)23/h3-6,8-11,17,22-24H,7,12-16H2,1-2H3,(H,29,34)(H,32,33)/t17?,22-,24+,28?/m0/s1. The average molecular weight is 477 g/mol. The van der Waals surface area contributed by atoms with Crippen LogP contribution in [0.3, 0.4) is 0 Å². The van der Waals surface area contributed by atoms with Crippen molar-refractivity contribution in [1.29, 1.82) is 0 Å². The minimum Gasteiger partial charge on any atom is -0.481 e. The fourth-order valence-electron chi connectivity index (χ4n) is 6.05. The van der Waals surface area contributed by atoms with E-state index in [9.17, 15) is 19.5 Å². The highest BCUT2D eigenvalue weighted by Gasteiger charge is 2.49. The van der Waals surface area contributed by atoms with E-state index in [0.29, 0.717) is 19.4 Å². The lowest BCUT2D eigenvalue weighted by atomic mass is 9.81. The van der Waals surface area contributed by atoms with E-state index in [1.165, 1.54) is 11.1 Å². The summed E-state index contributed by atoms with van der Waals surface area (Å²) < 4.78 is 5.68. The van der Waals surface area contributed by atoms with E-state index in [1.54, 1.807) is 11.8 Å². The number of alkyl carbamates (subject to hydrolysis) is 1. The monoisotopic (exact) mass is 476 g/mol. The Balaban J connectivity index is 1.21. The minimum absolute atomic E-state index is 0.0195. The molecule has 2 fully saturated rings. The number of carbonyl (C=O) groups excluding carboxylic acids is 2. The highest BCUT2D eigenvalue weighted by atomic mass is 16.5. The number of benzene rings is 2. The van der Waals surface area contributed by atoms with Crippen LogP contribution in [0.1, 0.15) is 50.2 Å². The van der Waals surface area contributed by atoms with Gasteiger partial charge in [-0.25, -0.2) is 4.79 Å². The van der Waals surface area contributed by atoms with E-state index >= 15 is 0 Å². The number of hydrogen-bond donors (Lipinski definition) is 2. The molecule has 0 spiro atoms. The SMILES string of the molecule is CC1CN(C(=O)[C@H]2CCC[C@H]2NC(=O)OCC2c3ccccc3-c3ccccc32)CC1(C)C(=O)O. The van der Waals surface area contributed by atoms with Gasteiger partial charge >= 0.3 is 12.1 Å². The summed E-state index contributed by atoms with van der Waals surface area (Å²) in [6.45, 7) is 4.44. The Morgan fingerprint density at radius 3 is 2.29 bits per heavy atom. The summed E-state index contributed by atoms with van der Waals surface area (Å²) in [7, 11) is 0. The molecule has 5 rings (SSSR count). The number of aliphatic carboxylic acids is 1. The van der Waals surface area contributed by atoms with Crippen molar-refractivity contribution in [3.8, 4) is 11.1 Å². The van der Waals surface area contributed by atoms with Crippen LogP contribution in [0.2, 0.25) is 0 Å². The molecule has 2 N–H and O–H groups in total. The van der Waals surface area contributed by atoms with Gasteiger partial charge in [-0.3, -0.25) is 9.59 Å². The second kappa shape index (κ2) is 9.02. The Labute approximate surface area is 205 Å². The lowest BCUT2D eigenvalue weighted by Gasteiger charge is -2.26. The lowest BCUT2D eigenvalue weighted by Crippen LogP contribution is -2.46. The lowest BCUT2D eigenvalue weighted by molar-refractivity contribution is -0.149. The van der Waals surface area contributed by atoms with Gasteiger partial charge in [0.2, 0.25) is 5.91 Å². The number of amides is 2. The quantitative estimate of drug-likeness (QED) is 0.672. The molecule has 2 aromatic rings. The molecule has 3 aliphatic rings. The molecule has 35 heavy (non-hydrogen) atoms. The van der Waals surface area contributed by atoms with E-state index < -0.39 is 17.5 Å². The third kappa shape index (κ3) is 4.07. The van der Waals surface area contributed by atoms with Crippen LogP contribution in [-0.4, -0.2) is 53.7 Å². The summed E-state index contributed by atoms with van der Waals surface area (Å²) >= 11 is 0. The van der Waals surface area contributed by atoms with Crippen LogP contribution in [0.15, 0.2) is 48.5 Å². The van der Waals surface area contributed by atoms with Crippen LogP contribution in [0, 0.1) is 17.3 Å². The van der Waals surface area contributed by atoms with E-state index in [1.807, 2.05) is 31.2 Å². The third-order valence-corrected chi connectivity index (χ3v) is 8.38. The fraction of sp³-hybridized carbons (Fsp3) is 0.464. The van der Waals surface area contributed by atoms with Gasteiger partial charge in [0.05, 0.1) is 11.3 Å². The average Bonchev–Trinajstić information content (AvgIpc) is 3.52. The van der Waals surface area contributed by atoms with Gasteiger partial charge in [0.1, 0.15) is 6.61 Å². The molecule has 2 aromatic carbocycles. The summed E-state index contributed by atoms with van der Waals surface area (Å²) in [6.07, 6.45) is 1.72. The number of fused-ring (bicyclic) bond motifs is 3. The van der Waals surface area contributed by atoms with Gasteiger partial charge in [0.15, 0.2) is 0 Å². The van der Waals surface area contributed by atoms with Gasteiger partial charge in [0.25, 0.3) is 0 Å². The number of likely N-dealkylation sites (tertiary alicyclic amines) is 1.